The first-order valence-electron chi connectivity index (χ1n) is 6.93. The highest BCUT2D eigenvalue weighted by atomic mass is 32.2. The van der Waals surface area contributed by atoms with Gasteiger partial charge in [0.05, 0.1) is 18.1 Å². The summed E-state index contributed by atoms with van der Waals surface area (Å²) in [5.41, 5.74) is 0.485. The second kappa shape index (κ2) is 6.56. The molecule has 2 rings (SSSR count). The van der Waals surface area contributed by atoms with Crippen LogP contribution in [0.5, 0.6) is 5.75 Å². The van der Waals surface area contributed by atoms with Gasteiger partial charge in [0, 0.05) is 12.1 Å². The Hall–Kier alpha value is -1.11. The van der Waals surface area contributed by atoms with Gasteiger partial charge < -0.3 is 9.84 Å². The molecule has 0 radical (unpaired) electrons. The van der Waals surface area contributed by atoms with E-state index in [4.69, 9.17) is 4.74 Å². The van der Waals surface area contributed by atoms with Crippen molar-refractivity contribution in [2.75, 3.05) is 13.2 Å². The van der Waals surface area contributed by atoms with Crippen molar-refractivity contribution >= 4 is 10.0 Å². The minimum atomic E-state index is -3.51. The maximum atomic E-state index is 12.2. The van der Waals surface area contributed by atoms with E-state index in [-0.39, 0.29) is 11.5 Å². The summed E-state index contributed by atoms with van der Waals surface area (Å²) in [6, 6.07) is 4.56. The number of nitrogens with one attached hydrogen (secondary N) is 1. The van der Waals surface area contributed by atoms with Crippen molar-refractivity contribution in [3.05, 3.63) is 23.8 Å². The highest BCUT2D eigenvalue weighted by molar-refractivity contribution is 7.89. The summed E-state index contributed by atoms with van der Waals surface area (Å²) in [5, 5.41) is 9.31. The van der Waals surface area contributed by atoms with Gasteiger partial charge in [0.15, 0.2) is 0 Å². The zero-order valence-corrected chi connectivity index (χ0v) is 12.4. The Kier molecular flexibility index (Phi) is 5.01. The number of hydrogen-bond donors (Lipinski definition) is 2. The van der Waals surface area contributed by atoms with Gasteiger partial charge in [-0.25, -0.2) is 13.1 Å². The Morgan fingerprint density at radius 1 is 1.40 bits per heavy atom. The lowest BCUT2D eigenvalue weighted by atomic mass is 9.86. The van der Waals surface area contributed by atoms with Crippen LogP contribution in [0.25, 0.3) is 0 Å². The highest BCUT2D eigenvalue weighted by Crippen LogP contribution is 2.26. The summed E-state index contributed by atoms with van der Waals surface area (Å²) in [6.45, 7) is 2.55. The van der Waals surface area contributed by atoms with Crippen LogP contribution in [0.1, 0.15) is 31.7 Å². The number of aliphatic hydroxyl groups excluding tert-OH is 1. The van der Waals surface area contributed by atoms with Crippen molar-refractivity contribution in [2.45, 2.75) is 37.7 Å². The number of ether oxygens (including phenoxy) is 1. The van der Waals surface area contributed by atoms with E-state index in [0.717, 1.165) is 12.8 Å². The molecule has 1 saturated carbocycles. The van der Waals surface area contributed by atoms with E-state index in [1.54, 1.807) is 6.07 Å². The Balaban J connectivity index is 2.13. The molecule has 1 aliphatic rings. The Morgan fingerprint density at radius 3 is 2.70 bits per heavy atom. The summed E-state index contributed by atoms with van der Waals surface area (Å²) in [4.78, 5) is 0.171. The molecule has 0 aliphatic heterocycles. The molecule has 0 heterocycles. The zero-order valence-electron chi connectivity index (χ0n) is 11.6. The Bertz CT molecular complexity index is 552. The quantitative estimate of drug-likeness (QED) is 0.803. The first-order chi connectivity index (χ1) is 9.56. The lowest BCUT2D eigenvalue weighted by Gasteiger charge is -2.25. The standard InChI is InChI=1S/C14H21NO4S/c1-2-19-14-7-6-13(8-12(14)10-16)20(17,18)15-9-11-4-3-5-11/h6-8,11,15-16H,2-5,9-10H2,1H3. The Labute approximate surface area is 120 Å². The molecule has 0 bridgehead atoms. The SMILES string of the molecule is CCOc1ccc(S(=O)(=O)NCC2CCC2)cc1CO. The first kappa shape index (κ1) is 15.3. The van der Waals surface area contributed by atoms with Crippen molar-refractivity contribution in [1.29, 1.82) is 0 Å². The van der Waals surface area contributed by atoms with Crippen LogP contribution in [0.2, 0.25) is 0 Å². The summed E-state index contributed by atoms with van der Waals surface area (Å²) in [5.74, 6) is 0.984. The lowest BCUT2D eigenvalue weighted by Crippen LogP contribution is -2.32. The molecule has 112 valence electrons. The lowest BCUT2D eigenvalue weighted by molar-refractivity contribution is 0.266. The average molecular weight is 299 g/mol. The van der Waals surface area contributed by atoms with Crippen molar-refractivity contribution in [3.63, 3.8) is 0 Å². The van der Waals surface area contributed by atoms with Crippen molar-refractivity contribution < 1.29 is 18.3 Å². The van der Waals surface area contributed by atoms with Crippen LogP contribution in [-0.4, -0.2) is 26.7 Å². The largest absolute Gasteiger partial charge is 0.494 e. The second-order valence-electron chi connectivity index (χ2n) is 5.01. The number of benzene rings is 1. The second-order valence-corrected chi connectivity index (χ2v) is 6.78. The number of sulfonamides is 1. The fourth-order valence-corrected chi connectivity index (χ4v) is 3.32. The van der Waals surface area contributed by atoms with E-state index in [2.05, 4.69) is 4.72 Å². The number of hydrogen-bond acceptors (Lipinski definition) is 4. The van der Waals surface area contributed by atoms with Crippen LogP contribution in [0.4, 0.5) is 0 Å². The molecule has 6 heteroatoms. The van der Waals surface area contributed by atoms with E-state index in [1.807, 2.05) is 6.92 Å². The van der Waals surface area contributed by atoms with E-state index < -0.39 is 10.0 Å². The molecule has 0 amide bonds. The molecule has 1 aromatic carbocycles. The third kappa shape index (κ3) is 3.50. The van der Waals surface area contributed by atoms with Crippen molar-refractivity contribution in [3.8, 4) is 5.75 Å². The molecule has 0 unspecified atom stereocenters. The van der Waals surface area contributed by atoms with Gasteiger partial charge >= 0.3 is 0 Å². The Morgan fingerprint density at radius 2 is 2.15 bits per heavy atom. The summed E-state index contributed by atoms with van der Waals surface area (Å²) < 4.78 is 32.3. The van der Waals surface area contributed by atoms with Crippen molar-refractivity contribution in [1.82, 2.24) is 4.72 Å². The molecule has 1 aliphatic carbocycles. The minimum Gasteiger partial charge on any atom is -0.494 e. The van der Waals surface area contributed by atoms with Gasteiger partial charge in [0.2, 0.25) is 10.0 Å². The van der Waals surface area contributed by atoms with Crippen LogP contribution >= 0.6 is 0 Å². The fraction of sp³-hybridized carbons (Fsp3) is 0.571. The normalized spacial score (nSPS) is 15.9. The molecular weight excluding hydrogens is 278 g/mol. The van der Waals surface area contributed by atoms with E-state index in [9.17, 15) is 13.5 Å². The van der Waals surface area contributed by atoms with E-state index in [0.29, 0.717) is 30.4 Å². The van der Waals surface area contributed by atoms with Crippen molar-refractivity contribution in [2.24, 2.45) is 5.92 Å². The van der Waals surface area contributed by atoms with Crippen LogP contribution < -0.4 is 9.46 Å². The van der Waals surface area contributed by atoms with Gasteiger partial charge in [-0.3, -0.25) is 0 Å². The summed E-state index contributed by atoms with van der Waals surface area (Å²) >= 11 is 0. The van der Waals surface area contributed by atoms with Gasteiger partial charge in [-0.05, 0) is 43.9 Å². The molecular formula is C14H21NO4S. The van der Waals surface area contributed by atoms with Gasteiger partial charge in [-0.2, -0.15) is 0 Å². The summed E-state index contributed by atoms with van der Waals surface area (Å²) in [6.07, 6.45) is 3.37. The van der Waals surface area contributed by atoms with Crippen LogP contribution in [0.3, 0.4) is 0 Å². The first-order valence-corrected chi connectivity index (χ1v) is 8.41. The molecule has 0 aromatic heterocycles. The molecule has 0 saturated heterocycles. The zero-order chi connectivity index (χ0) is 14.6. The summed E-state index contributed by atoms with van der Waals surface area (Å²) in [7, 11) is -3.51. The maximum Gasteiger partial charge on any atom is 0.240 e. The average Bonchev–Trinajstić information content (AvgIpc) is 2.37. The van der Waals surface area contributed by atoms with E-state index in [1.165, 1.54) is 18.6 Å². The third-order valence-electron chi connectivity index (χ3n) is 3.60. The van der Waals surface area contributed by atoms with E-state index >= 15 is 0 Å². The molecule has 5 nitrogen and oxygen atoms in total. The molecule has 1 fully saturated rings. The van der Waals surface area contributed by atoms with Crippen LogP contribution in [0, 0.1) is 5.92 Å². The maximum absolute atomic E-state index is 12.2. The fourth-order valence-electron chi connectivity index (χ4n) is 2.15. The molecule has 20 heavy (non-hydrogen) atoms. The topological polar surface area (TPSA) is 75.6 Å². The molecule has 0 atom stereocenters. The monoisotopic (exact) mass is 299 g/mol. The van der Waals surface area contributed by atoms with Crippen LogP contribution in [-0.2, 0) is 16.6 Å². The molecule has 2 N–H and O–H groups in total. The van der Waals surface area contributed by atoms with Gasteiger partial charge in [0.1, 0.15) is 5.75 Å². The number of rotatable bonds is 7. The van der Waals surface area contributed by atoms with Crippen LogP contribution in [0.15, 0.2) is 23.1 Å². The third-order valence-corrected chi connectivity index (χ3v) is 5.02. The van der Waals surface area contributed by atoms with Gasteiger partial charge in [-0.1, -0.05) is 6.42 Å². The predicted octanol–water partition coefficient (Wildman–Crippen LogP) is 1.66. The predicted molar refractivity (Wildman–Crippen MR) is 76.1 cm³/mol. The van der Waals surface area contributed by atoms with Gasteiger partial charge in [0.25, 0.3) is 0 Å². The minimum absolute atomic E-state index is 0.171. The molecule has 1 aromatic rings. The highest BCUT2D eigenvalue weighted by Gasteiger charge is 2.22. The van der Waals surface area contributed by atoms with Gasteiger partial charge in [-0.15, -0.1) is 0 Å². The smallest absolute Gasteiger partial charge is 0.240 e. The number of aliphatic hydroxyl groups is 1. The molecule has 0 spiro atoms.